The summed E-state index contributed by atoms with van der Waals surface area (Å²) in [6.07, 6.45) is 4.48. The number of hydrogen-bond donors (Lipinski definition) is 3. The van der Waals surface area contributed by atoms with Gasteiger partial charge >= 0.3 is 0 Å². The van der Waals surface area contributed by atoms with E-state index in [1.165, 1.54) is 28.8 Å². The zero-order chi connectivity index (χ0) is 11.1. The van der Waals surface area contributed by atoms with Gasteiger partial charge in [0, 0.05) is 11.3 Å². The van der Waals surface area contributed by atoms with Crippen LogP contribution < -0.4 is 5.84 Å². The van der Waals surface area contributed by atoms with Crippen molar-refractivity contribution in [2.75, 3.05) is 5.84 Å². The van der Waals surface area contributed by atoms with Crippen LogP contribution in [0.25, 0.3) is 11.5 Å². The number of nitrogens with two attached hydrogens (primary N) is 1. The summed E-state index contributed by atoms with van der Waals surface area (Å²) in [4.78, 5) is 0. The van der Waals surface area contributed by atoms with Gasteiger partial charge < -0.3 is 5.84 Å². The molecule has 0 saturated carbocycles. The molecule has 0 aromatic carbocycles. The van der Waals surface area contributed by atoms with Gasteiger partial charge in [-0.05, 0) is 37.9 Å². The van der Waals surface area contributed by atoms with Gasteiger partial charge in [-0.1, -0.05) is 0 Å². The summed E-state index contributed by atoms with van der Waals surface area (Å²) < 4.78 is 1.77. The molecule has 2 heterocycles. The summed E-state index contributed by atoms with van der Waals surface area (Å²) in [5.74, 6) is 6.39. The van der Waals surface area contributed by atoms with Gasteiger partial charge in [-0.25, -0.2) is 9.77 Å². The van der Waals surface area contributed by atoms with E-state index in [0.717, 1.165) is 18.5 Å². The molecule has 2 aromatic rings. The molecular weight excluding hydrogens is 224 g/mol. The van der Waals surface area contributed by atoms with E-state index < -0.39 is 0 Å². The normalized spacial score (nSPS) is 15.0. The first-order valence-corrected chi connectivity index (χ1v) is 5.67. The number of nitrogens with zero attached hydrogens (tertiary/aromatic N) is 3. The second-order valence-corrected chi connectivity index (χ2v) is 4.35. The molecule has 0 bridgehead atoms. The summed E-state index contributed by atoms with van der Waals surface area (Å²) in [5.41, 5.74) is 3.26. The number of fused-ring (bicyclic) bond motifs is 1. The van der Waals surface area contributed by atoms with Crippen LogP contribution >= 0.6 is 12.2 Å². The van der Waals surface area contributed by atoms with Gasteiger partial charge in [-0.2, -0.15) is 10.2 Å². The molecule has 0 radical (unpaired) electrons. The van der Waals surface area contributed by atoms with Crippen molar-refractivity contribution in [3.8, 4) is 11.5 Å². The second-order valence-electron chi connectivity index (χ2n) is 3.96. The Kier molecular flexibility index (Phi) is 2.06. The molecule has 1 aliphatic carbocycles. The lowest BCUT2D eigenvalue weighted by molar-refractivity contribution is 0.675. The maximum absolute atomic E-state index is 5.79. The minimum Gasteiger partial charge on any atom is -0.335 e. The highest BCUT2D eigenvalue weighted by Crippen LogP contribution is 2.27. The van der Waals surface area contributed by atoms with Gasteiger partial charge in [-0.15, -0.1) is 0 Å². The van der Waals surface area contributed by atoms with E-state index in [4.69, 9.17) is 18.1 Å². The van der Waals surface area contributed by atoms with E-state index in [-0.39, 0.29) is 0 Å². The quantitative estimate of drug-likeness (QED) is 0.507. The molecule has 1 aliphatic rings. The molecule has 0 fully saturated rings. The van der Waals surface area contributed by atoms with E-state index in [2.05, 4.69) is 20.4 Å². The number of nitrogen functional groups attached to an aromatic ring is 1. The lowest BCUT2D eigenvalue weighted by atomic mass is 9.96. The number of aromatic amines is 2. The third-order valence-corrected chi connectivity index (χ3v) is 3.26. The van der Waals surface area contributed by atoms with Gasteiger partial charge in [-0.3, -0.25) is 5.10 Å². The zero-order valence-corrected chi connectivity index (χ0v) is 9.47. The Balaban J connectivity index is 2.17. The number of nitrogens with one attached hydrogen (secondary N) is 2. The predicted molar refractivity (Wildman–Crippen MR) is 61.8 cm³/mol. The van der Waals surface area contributed by atoms with Crippen molar-refractivity contribution in [1.29, 1.82) is 0 Å². The highest BCUT2D eigenvalue weighted by atomic mass is 32.1. The lowest BCUT2D eigenvalue weighted by Crippen LogP contribution is -2.11. The van der Waals surface area contributed by atoms with Crippen molar-refractivity contribution < 1.29 is 0 Å². The van der Waals surface area contributed by atoms with Crippen LogP contribution in [0.1, 0.15) is 24.1 Å². The van der Waals surface area contributed by atoms with E-state index in [0.29, 0.717) is 10.6 Å². The summed E-state index contributed by atoms with van der Waals surface area (Å²) >= 11 is 4.98. The smallest absolute Gasteiger partial charge is 0.214 e. The summed E-state index contributed by atoms with van der Waals surface area (Å²) in [6.45, 7) is 0. The van der Waals surface area contributed by atoms with E-state index >= 15 is 0 Å². The van der Waals surface area contributed by atoms with Crippen LogP contribution in [-0.2, 0) is 12.8 Å². The number of rotatable bonds is 1. The molecule has 0 unspecified atom stereocenters. The minimum absolute atomic E-state index is 0.405. The lowest BCUT2D eigenvalue weighted by Gasteiger charge is -2.10. The Labute approximate surface area is 96.8 Å². The standard InChI is InChI=1S/C9H12N6S/c10-15-8(13-14-9(15)16)7-5-3-1-2-4-6(5)11-12-7/h1-4,10H2,(H,11,12)(H,14,16). The van der Waals surface area contributed by atoms with Crippen LogP contribution in [-0.4, -0.2) is 25.1 Å². The first-order valence-electron chi connectivity index (χ1n) is 5.26. The highest BCUT2D eigenvalue weighted by Gasteiger charge is 2.21. The Morgan fingerprint density at radius 3 is 2.75 bits per heavy atom. The zero-order valence-electron chi connectivity index (χ0n) is 8.66. The van der Waals surface area contributed by atoms with E-state index in [1.54, 1.807) is 0 Å². The summed E-state index contributed by atoms with van der Waals surface area (Å²) in [5, 5.41) is 14.1. The molecule has 84 valence electrons. The largest absolute Gasteiger partial charge is 0.335 e. The van der Waals surface area contributed by atoms with Crippen molar-refractivity contribution in [1.82, 2.24) is 25.1 Å². The van der Waals surface area contributed by atoms with Crippen LogP contribution in [0, 0.1) is 4.77 Å². The third kappa shape index (κ3) is 1.28. The molecule has 0 saturated heterocycles. The highest BCUT2D eigenvalue weighted by molar-refractivity contribution is 7.71. The van der Waals surface area contributed by atoms with Crippen molar-refractivity contribution in [3.05, 3.63) is 16.0 Å². The molecule has 0 atom stereocenters. The molecule has 7 heteroatoms. The van der Waals surface area contributed by atoms with Gasteiger partial charge in [0.1, 0.15) is 5.69 Å². The first-order chi connectivity index (χ1) is 7.77. The third-order valence-electron chi connectivity index (χ3n) is 2.97. The summed E-state index contributed by atoms with van der Waals surface area (Å²) in [7, 11) is 0. The molecule has 3 rings (SSSR count). The molecule has 0 spiro atoms. The van der Waals surface area contributed by atoms with Crippen LogP contribution in [0.3, 0.4) is 0 Å². The predicted octanol–water partition coefficient (Wildman–Crippen LogP) is 0.923. The fourth-order valence-corrected chi connectivity index (χ4v) is 2.27. The number of aryl methyl sites for hydroxylation is 1. The number of hydrogen-bond acceptors (Lipinski definition) is 4. The fraction of sp³-hybridized carbons (Fsp3) is 0.444. The van der Waals surface area contributed by atoms with Crippen LogP contribution in [0.2, 0.25) is 0 Å². The van der Waals surface area contributed by atoms with Crippen LogP contribution in [0.15, 0.2) is 0 Å². The maximum Gasteiger partial charge on any atom is 0.214 e. The topological polar surface area (TPSA) is 88.3 Å². The molecular formula is C9H12N6S. The molecule has 4 N–H and O–H groups in total. The van der Waals surface area contributed by atoms with Gasteiger partial charge in [0.25, 0.3) is 0 Å². The molecule has 2 aromatic heterocycles. The molecule has 0 amide bonds. The van der Waals surface area contributed by atoms with Crippen molar-refractivity contribution >= 4 is 12.2 Å². The van der Waals surface area contributed by atoms with Crippen molar-refractivity contribution in [2.45, 2.75) is 25.7 Å². The minimum atomic E-state index is 0.405. The van der Waals surface area contributed by atoms with Gasteiger partial charge in [0.15, 0.2) is 0 Å². The van der Waals surface area contributed by atoms with Crippen LogP contribution in [0.4, 0.5) is 0 Å². The van der Waals surface area contributed by atoms with Crippen LogP contribution in [0.5, 0.6) is 0 Å². The molecule has 16 heavy (non-hydrogen) atoms. The molecule has 0 aliphatic heterocycles. The average Bonchev–Trinajstić information content (AvgIpc) is 2.85. The van der Waals surface area contributed by atoms with Crippen molar-refractivity contribution in [2.24, 2.45) is 0 Å². The summed E-state index contributed by atoms with van der Waals surface area (Å²) in [6, 6.07) is 0. The van der Waals surface area contributed by atoms with Crippen molar-refractivity contribution in [3.63, 3.8) is 0 Å². The number of H-pyrrole nitrogens is 2. The molecule has 6 nitrogen and oxygen atoms in total. The Morgan fingerprint density at radius 1 is 1.19 bits per heavy atom. The Hall–Kier alpha value is -1.63. The number of aromatic nitrogens is 5. The van der Waals surface area contributed by atoms with Gasteiger partial charge in [0.2, 0.25) is 10.6 Å². The average molecular weight is 236 g/mol. The monoisotopic (exact) mass is 236 g/mol. The second kappa shape index (κ2) is 3.44. The SMILES string of the molecule is Nn1c(-c2n[nH]c3c2CCCC3)n[nH]c1=S. The van der Waals surface area contributed by atoms with E-state index in [9.17, 15) is 0 Å². The first kappa shape index (κ1) is 9.59. The maximum atomic E-state index is 5.79. The van der Waals surface area contributed by atoms with E-state index in [1.807, 2.05) is 0 Å². The van der Waals surface area contributed by atoms with Gasteiger partial charge in [0.05, 0.1) is 0 Å². The Morgan fingerprint density at radius 2 is 2.00 bits per heavy atom. The Bertz CT molecular complexity index is 577. The fourth-order valence-electron chi connectivity index (χ4n) is 2.14.